The van der Waals surface area contributed by atoms with Gasteiger partial charge in [0.2, 0.25) is 0 Å². The number of rotatable bonds is 6. The minimum absolute atomic E-state index is 0.151. The van der Waals surface area contributed by atoms with Gasteiger partial charge >= 0.3 is 0 Å². The fraction of sp³-hybridized carbons (Fsp3) is 0.0435. The van der Waals surface area contributed by atoms with Gasteiger partial charge in [0.05, 0.1) is 15.5 Å². The van der Waals surface area contributed by atoms with E-state index in [0.717, 1.165) is 10.0 Å². The van der Waals surface area contributed by atoms with E-state index in [4.69, 9.17) is 0 Å². The highest BCUT2D eigenvalue weighted by Crippen LogP contribution is 2.41. The summed E-state index contributed by atoms with van der Waals surface area (Å²) in [6, 6.07) is 25.3. The molecule has 152 valence electrons. The first-order valence-electron chi connectivity index (χ1n) is 9.14. The summed E-state index contributed by atoms with van der Waals surface area (Å²) < 4.78 is 29.4. The van der Waals surface area contributed by atoms with Gasteiger partial charge in [-0.25, -0.2) is 8.42 Å². The van der Waals surface area contributed by atoms with Crippen molar-refractivity contribution in [1.29, 1.82) is 0 Å². The van der Waals surface area contributed by atoms with Gasteiger partial charge in [0.25, 0.3) is 10.0 Å². The molecule has 0 aliphatic rings. The number of phenols is 1. The fourth-order valence-electron chi connectivity index (χ4n) is 3.08. The molecule has 0 radical (unpaired) electrons. The summed E-state index contributed by atoms with van der Waals surface area (Å²) in [5.74, 6) is 0.809. The van der Waals surface area contributed by atoms with Crippen molar-refractivity contribution in [2.75, 3.05) is 4.72 Å². The van der Waals surface area contributed by atoms with Gasteiger partial charge in [0, 0.05) is 21.0 Å². The van der Waals surface area contributed by atoms with Gasteiger partial charge in [0.1, 0.15) is 5.75 Å². The second-order valence-corrected chi connectivity index (χ2v) is 10.3. The van der Waals surface area contributed by atoms with E-state index < -0.39 is 10.0 Å². The van der Waals surface area contributed by atoms with Crippen molar-refractivity contribution >= 4 is 54.2 Å². The van der Waals surface area contributed by atoms with Gasteiger partial charge in [-0.3, -0.25) is 4.72 Å². The lowest BCUT2D eigenvalue weighted by Crippen LogP contribution is -2.13. The summed E-state index contributed by atoms with van der Waals surface area (Å²) in [7, 11) is -3.78. The molecular weight excluding hydrogens is 482 g/mol. The van der Waals surface area contributed by atoms with Crippen LogP contribution in [0.3, 0.4) is 0 Å². The maximum absolute atomic E-state index is 12.9. The molecule has 4 nitrogen and oxygen atoms in total. The Labute approximate surface area is 188 Å². The van der Waals surface area contributed by atoms with Crippen molar-refractivity contribution in [3.05, 3.63) is 95.0 Å². The van der Waals surface area contributed by atoms with Crippen LogP contribution in [-0.2, 0) is 15.8 Å². The van der Waals surface area contributed by atoms with Crippen LogP contribution >= 0.6 is 27.7 Å². The van der Waals surface area contributed by atoms with Crippen LogP contribution in [0.15, 0.2) is 99.2 Å². The zero-order valence-corrected chi connectivity index (χ0v) is 19.0. The molecule has 4 aromatic rings. The SMILES string of the molecule is O=S(=O)(Nc1cc(SCc2ccccc2)c(O)c2ccccc12)c1ccc(Br)cc1. The summed E-state index contributed by atoms with van der Waals surface area (Å²) in [6.45, 7) is 0. The Morgan fingerprint density at radius 3 is 2.20 bits per heavy atom. The number of hydrogen-bond acceptors (Lipinski definition) is 4. The molecule has 0 atom stereocenters. The first-order valence-corrected chi connectivity index (χ1v) is 12.4. The molecule has 4 rings (SSSR count). The van der Waals surface area contributed by atoms with E-state index in [9.17, 15) is 13.5 Å². The zero-order chi connectivity index (χ0) is 21.1. The molecule has 0 aliphatic heterocycles. The zero-order valence-electron chi connectivity index (χ0n) is 15.7. The fourth-order valence-corrected chi connectivity index (χ4v) is 5.38. The molecule has 0 heterocycles. The van der Waals surface area contributed by atoms with E-state index in [1.165, 1.54) is 11.8 Å². The normalized spacial score (nSPS) is 11.5. The summed E-state index contributed by atoms with van der Waals surface area (Å²) >= 11 is 4.78. The molecule has 0 saturated heterocycles. The van der Waals surface area contributed by atoms with E-state index in [-0.39, 0.29) is 10.6 Å². The molecule has 0 aliphatic carbocycles. The number of nitrogens with one attached hydrogen (secondary N) is 1. The Balaban J connectivity index is 1.73. The molecular formula is C23H18BrNO3S2. The Morgan fingerprint density at radius 2 is 1.50 bits per heavy atom. The molecule has 30 heavy (non-hydrogen) atoms. The first-order chi connectivity index (χ1) is 14.4. The molecule has 2 N–H and O–H groups in total. The maximum atomic E-state index is 12.9. The van der Waals surface area contributed by atoms with Crippen LogP contribution in [0.25, 0.3) is 10.8 Å². The van der Waals surface area contributed by atoms with Gasteiger partial charge < -0.3 is 5.11 Å². The van der Waals surface area contributed by atoms with Crippen LogP contribution in [0.1, 0.15) is 5.56 Å². The highest BCUT2D eigenvalue weighted by atomic mass is 79.9. The van der Waals surface area contributed by atoms with Gasteiger partial charge in [-0.05, 0) is 35.9 Å². The molecule has 0 spiro atoms. The predicted octanol–water partition coefficient (Wildman–Crippen LogP) is 6.40. The lowest BCUT2D eigenvalue weighted by Gasteiger charge is -2.15. The third-order valence-corrected chi connectivity index (χ3v) is 7.60. The minimum atomic E-state index is -3.78. The molecule has 0 bridgehead atoms. The van der Waals surface area contributed by atoms with Crippen LogP contribution < -0.4 is 4.72 Å². The number of hydrogen-bond donors (Lipinski definition) is 2. The van der Waals surface area contributed by atoms with E-state index >= 15 is 0 Å². The van der Waals surface area contributed by atoms with Crippen molar-refractivity contribution in [2.45, 2.75) is 15.5 Å². The van der Waals surface area contributed by atoms with E-state index in [2.05, 4.69) is 20.7 Å². The highest BCUT2D eigenvalue weighted by Gasteiger charge is 2.18. The van der Waals surface area contributed by atoms with Crippen molar-refractivity contribution in [1.82, 2.24) is 0 Å². The molecule has 7 heteroatoms. The first kappa shape index (κ1) is 20.8. The summed E-state index contributed by atoms with van der Waals surface area (Å²) in [5.41, 5.74) is 1.55. The molecule has 0 unspecified atom stereocenters. The Kier molecular flexibility index (Phi) is 6.04. The smallest absolute Gasteiger partial charge is 0.261 e. The largest absolute Gasteiger partial charge is 0.506 e. The van der Waals surface area contributed by atoms with Crippen molar-refractivity contribution < 1.29 is 13.5 Å². The topological polar surface area (TPSA) is 66.4 Å². The predicted molar refractivity (Wildman–Crippen MR) is 127 cm³/mol. The number of benzene rings is 4. The van der Waals surface area contributed by atoms with Gasteiger partial charge in [-0.15, -0.1) is 11.8 Å². The molecule has 0 saturated carbocycles. The van der Waals surface area contributed by atoms with Crippen LogP contribution in [-0.4, -0.2) is 13.5 Å². The number of aromatic hydroxyl groups is 1. The van der Waals surface area contributed by atoms with Crippen LogP contribution in [0.5, 0.6) is 5.75 Å². The number of anilines is 1. The van der Waals surface area contributed by atoms with Gasteiger partial charge in [-0.2, -0.15) is 0 Å². The second-order valence-electron chi connectivity index (χ2n) is 6.65. The standard InChI is InChI=1S/C23H18BrNO3S2/c24-17-10-12-18(13-11-17)30(27,28)25-21-14-22(29-15-16-6-2-1-3-7-16)23(26)20-9-5-4-8-19(20)21/h1-14,25-26H,15H2. The van der Waals surface area contributed by atoms with Crippen LogP contribution in [0.4, 0.5) is 5.69 Å². The Bertz CT molecular complexity index is 1290. The summed E-state index contributed by atoms with van der Waals surface area (Å²) in [6.07, 6.45) is 0. The van der Waals surface area contributed by atoms with E-state index in [1.54, 1.807) is 42.5 Å². The number of thioether (sulfide) groups is 1. The summed E-state index contributed by atoms with van der Waals surface area (Å²) in [5, 5.41) is 12.0. The molecule has 0 amide bonds. The van der Waals surface area contributed by atoms with Crippen molar-refractivity contribution in [3.63, 3.8) is 0 Å². The maximum Gasteiger partial charge on any atom is 0.261 e. The average molecular weight is 500 g/mol. The third kappa shape index (κ3) is 4.48. The Morgan fingerprint density at radius 1 is 0.867 bits per heavy atom. The highest BCUT2D eigenvalue weighted by molar-refractivity contribution is 9.10. The minimum Gasteiger partial charge on any atom is -0.506 e. The van der Waals surface area contributed by atoms with Crippen molar-refractivity contribution in [3.8, 4) is 5.75 Å². The number of sulfonamides is 1. The van der Waals surface area contributed by atoms with Crippen molar-refractivity contribution in [2.24, 2.45) is 0 Å². The van der Waals surface area contributed by atoms with Gasteiger partial charge in [0.15, 0.2) is 0 Å². The lowest BCUT2D eigenvalue weighted by molar-refractivity contribution is 0.469. The lowest BCUT2D eigenvalue weighted by atomic mass is 10.1. The summed E-state index contributed by atoms with van der Waals surface area (Å²) in [4.78, 5) is 0.785. The molecule has 4 aromatic carbocycles. The molecule has 0 fully saturated rings. The quantitative estimate of drug-likeness (QED) is 0.238. The number of phenolic OH excluding ortho intramolecular Hbond substituents is 1. The van der Waals surface area contributed by atoms with Crippen LogP contribution in [0.2, 0.25) is 0 Å². The number of fused-ring (bicyclic) bond motifs is 1. The van der Waals surface area contributed by atoms with Gasteiger partial charge in [-0.1, -0.05) is 70.5 Å². The Hall–Kier alpha value is -2.48. The van der Waals surface area contributed by atoms with E-state index in [1.807, 2.05) is 42.5 Å². The van der Waals surface area contributed by atoms with Crippen LogP contribution in [0, 0.1) is 0 Å². The van der Waals surface area contributed by atoms with E-state index in [0.29, 0.717) is 27.1 Å². The second kappa shape index (κ2) is 8.71. The number of halogens is 1. The monoisotopic (exact) mass is 499 g/mol. The third-order valence-electron chi connectivity index (χ3n) is 4.59. The molecule has 0 aromatic heterocycles. The average Bonchev–Trinajstić information content (AvgIpc) is 2.76.